The summed E-state index contributed by atoms with van der Waals surface area (Å²) in [4.78, 5) is 14.1. The average Bonchev–Trinajstić information content (AvgIpc) is 2.65. The van der Waals surface area contributed by atoms with Crippen LogP contribution in [-0.2, 0) is 9.53 Å². The van der Waals surface area contributed by atoms with E-state index in [0.29, 0.717) is 6.04 Å². The molecule has 0 radical (unpaired) electrons. The molecule has 0 aliphatic carbocycles. The van der Waals surface area contributed by atoms with Crippen molar-refractivity contribution in [1.82, 2.24) is 10.2 Å². The number of piperazine rings is 1. The largest absolute Gasteiger partial charge is 0.365 e. The lowest BCUT2D eigenvalue weighted by molar-refractivity contribution is -0.145. The Hall–Kier alpha value is -0.610. The van der Waals surface area contributed by atoms with Crippen molar-refractivity contribution in [3.63, 3.8) is 0 Å². The average molecular weight is 212 g/mol. The van der Waals surface area contributed by atoms with Crippen molar-refractivity contribution in [1.29, 1.82) is 0 Å². The number of carbonyl (C=O) groups is 1. The first-order valence-corrected chi connectivity index (χ1v) is 5.85. The third-order valence-corrected chi connectivity index (χ3v) is 3.29. The van der Waals surface area contributed by atoms with Gasteiger partial charge in [0, 0.05) is 25.7 Å². The summed E-state index contributed by atoms with van der Waals surface area (Å²) < 4.78 is 5.61. The van der Waals surface area contributed by atoms with Gasteiger partial charge < -0.3 is 15.0 Å². The molecule has 4 nitrogen and oxygen atoms in total. The van der Waals surface area contributed by atoms with Crippen LogP contribution < -0.4 is 5.32 Å². The Morgan fingerprint density at radius 3 is 2.80 bits per heavy atom. The topological polar surface area (TPSA) is 41.6 Å². The quantitative estimate of drug-likeness (QED) is 0.683. The van der Waals surface area contributed by atoms with Crippen LogP contribution in [0.5, 0.6) is 0 Å². The van der Waals surface area contributed by atoms with Gasteiger partial charge in [-0.1, -0.05) is 0 Å². The molecular weight excluding hydrogens is 192 g/mol. The van der Waals surface area contributed by atoms with Gasteiger partial charge in [0.1, 0.15) is 6.10 Å². The maximum atomic E-state index is 12.1. The van der Waals surface area contributed by atoms with Crippen LogP contribution in [0.2, 0.25) is 0 Å². The molecule has 0 aromatic rings. The van der Waals surface area contributed by atoms with Gasteiger partial charge in [0.05, 0.1) is 6.10 Å². The van der Waals surface area contributed by atoms with Gasteiger partial charge in [-0.3, -0.25) is 4.79 Å². The summed E-state index contributed by atoms with van der Waals surface area (Å²) in [7, 11) is 0. The van der Waals surface area contributed by atoms with E-state index in [2.05, 4.69) is 12.2 Å². The molecule has 3 atom stereocenters. The number of carbonyl (C=O) groups excluding carboxylic acids is 1. The van der Waals surface area contributed by atoms with E-state index in [1.54, 1.807) is 0 Å². The van der Waals surface area contributed by atoms with Crippen LogP contribution in [0.25, 0.3) is 0 Å². The molecule has 2 aliphatic heterocycles. The first-order chi connectivity index (χ1) is 7.18. The van der Waals surface area contributed by atoms with Gasteiger partial charge in [-0.05, 0) is 26.7 Å². The van der Waals surface area contributed by atoms with E-state index in [-0.39, 0.29) is 18.1 Å². The Morgan fingerprint density at radius 1 is 1.40 bits per heavy atom. The van der Waals surface area contributed by atoms with Crippen molar-refractivity contribution in [2.45, 2.75) is 44.9 Å². The lowest BCUT2D eigenvalue weighted by atomic mass is 10.1. The second-order valence-corrected chi connectivity index (χ2v) is 4.60. The predicted octanol–water partition coefficient (Wildman–Crippen LogP) is 0.374. The van der Waals surface area contributed by atoms with Crippen LogP contribution in [0, 0.1) is 0 Å². The monoisotopic (exact) mass is 212 g/mol. The summed E-state index contributed by atoms with van der Waals surface area (Å²) in [6.07, 6.45) is 1.96. The number of hydrogen-bond acceptors (Lipinski definition) is 3. The smallest absolute Gasteiger partial charge is 0.252 e. The van der Waals surface area contributed by atoms with E-state index in [0.717, 1.165) is 32.5 Å². The van der Waals surface area contributed by atoms with Crippen LogP contribution in [0.3, 0.4) is 0 Å². The molecular formula is C11H20N2O2. The number of rotatable bonds is 1. The number of nitrogens with zero attached hydrogens (tertiary/aromatic N) is 1. The molecule has 2 fully saturated rings. The molecule has 2 heterocycles. The van der Waals surface area contributed by atoms with E-state index >= 15 is 0 Å². The summed E-state index contributed by atoms with van der Waals surface area (Å²) in [5, 5.41) is 3.28. The van der Waals surface area contributed by atoms with Gasteiger partial charge in [0.15, 0.2) is 0 Å². The molecule has 86 valence electrons. The Kier molecular flexibility index (Phi) is 3.26. The summed E-state index contributed by atoms with van der Waals surface area (Å²) in [6.45, 7) is 6.73. The molecule has 4 heteroatoms. The Morgan fingerprint density at radius 2 is 2.20 bits per heavy atom. The highest BCUT2D eigenvalue weighted by molar-refractivity contribution is 5.81. The highest BCUT2D eigenvalue weighted by Gasteiger charge is 2.34. The van der Waals surface area contributed by atoms with E-state index < -0.39 is 0 Å². The summed E-state index contributed by atoms with van der Waals surface area (Å²) in [5.41, 5.74) is 0. The third kappa shape index (κ3) is 2.32. The van der Waals surface area contributed by atoms with Gasteiger partial charge in [0.25, 0.3) is 5.91 Å². The molecule has 0 bridgehead atoms. The first kappa shape index (κ1) is 10.9. The first-order valence-electron chi connectivity index (χ1n) is 5.85. The number of ether oxygens (including phenoxy) is 1. The molecule has 2 saturated heterocycles. The zero-order chi connectivity index (χ0) is 10.8. The fourth-order valence-corrected chi connectivity index (χ4v) is 2.34. The van der Waals surface area contributed by atoms with Crippen LogP contribution in [0.4, 0.5) is 0 Å². The predicted molar refractivity (Wildman–Crippen MR) is 57.6 cm³/mol. The normalized spacial score (nSPS) is 36.9. The second kappa shape index (κ2) is 4.49. The Balaban J connectivity index is 1.94. The summed E-state index contributed by atoms with van der Waals surface area (Å²) in [5.74, 6) is 0.188. The number of amides is 1. The minimum Gasteiger partial charge on any atom is -0.365 e. The number of nitrogens with one attached hydrogen (secondary N) is 1. The molecule has 1 N–H and O–H groups in total. The number of hydrogen-bond donors (Lipinski definition) is 1. The highest BCUT2D eigenvalue weighted by Crippen LogP contribution is 2.21. The third-order valence-electron chi connectivity index (χ3n) is 3.29. The fraction of sp³-hybridized carbons (Fsp3) is 0.909. The van der Waals surface area contributed by atoms with E-state index in [4.69, 9.17) is 4.74 Å². The Labute approximate surface area is 91.0 Å². The van der Waals surface area contributed by atoms with Gasteiger partial charge in [-0.25, -0.2) is 0 Å². The van der Waals surface area contributed by atoms with Crippen molar-refractivity contribution < 1.29 is 9.53 Å². The van der Waals surface area contributed by atoms with E-state index in [1.807, 2.05) is 11.8 Å². The highest BCUT2D eigenvalue weighted by atomic mass is 16.5. The van der Waals surface area contributed by atoms with Gasteiger partial charge in [0.2, 0.25) is 0 Å². The van der Waals surface area contributed by atoms with Crippen LogP contribution in [0.15, 0.2) is 0 Å². The molecule has 15 heavy (non-hydrogen) atoms. The molecule has 0 saturated carbocycles. The van der Waals surface area contributed by atoms with E-state index in [9.17, 15) is 4.79 Å². The van der Waals surface area contributed by atoms with Crippen LogP contribution in [-0.4, -0.2) is 48.7 Å². The van der Waals surface area contributed by atoms with Crippen molar-refractivity contribution in [2.75, 3.05) is 19.6 Å². The fourth-order valence-electron chi connectivity index (χ4n) is 2.34. The maximum absolute atomic E-state index is 12.1. The van der Waals surface area contributed by atoms with Crippen LogP contribution in [0.1, 0.15) is 26.7 Å². The van der Waals surface area contributed by atoms with E-state index in [1.165, 1.54) is 0 Å². The molecule has 0 aromatic carbocycles. The summed E-state index contributed by atoms with van der Waals surface area (Å²) >= 11 is 0. The standard InChI is InChI=1S/C11H20N2O2/c1-8-7-12-5-6-13(8)11(14)10-4-3-9(2)15-10/h8-10,12H,3-7H2,1-2H3/t8-,9?,10?/m1/s1. The zero-order valence-electron chi connectivity index (χ0n) is 9.53. The Bertz CT molecular complexity index is 245. The molecule has 1 amide bonds. The van der Waals surface area contributed by atoms with Crippen molar-refractivity contribution in [2.24, 2.45) is 0 Å². The second-order valence-electron chi connectivity index (χ2n) is 4.60. The maximum Gasteiger partial charge on any atom is 0.252 e. The van der Waals surface area contributed by atoms with Gasteiger partial charge in [-0.2, -0.15) is 0 Å². The SMILES string of the molecule is CC1CCC(C(=O)N2CCNC[C@H]2C)O1. The van der Waals surface area contributed by atoms with Crippen molar-refractivity contribution in [3.05, 3.63) is 0 Å². The van der Waals surface area contributed by atoms with Gasteiger partial charge in [-0.15, -0.1) is 0 Å². The zero-order valence-corrected chi connectivity index (χ0v) is 9.53. The lowest BCUT2D eigenvalue weighted by Crippen LogP contribution is -2.54. The van der Waals surface area contributed by atoms with Crippen LogP contribution >= 0.6 is 0 Å². The molecule has 0 aromatic heterocycles. The molecule has 2 rings (SSSR count). The molecule has 2 aliphatic rings. The minimum absolute atomic E-state index is 0.180. The molecule has 0 spiro atoms. The van der Waals surface area contributed by atoms with Gasteiger partial charge >= 0.3 is 0 Å². The lowest BCUT2D eigenvalue weighted by Gasteiger charge is -2.35. The minimum atomic E-state index is -0.180. The van der Waals surface area contributed by atoms with Crippen molar-refractivity contribution >= 4 is 5.91 Å². The summed E-state index contributed by atoms with van der Waals surface area (Å²) in [6, 6.07) is 0.297. The molecule has 2 unspecified atom stereocenters. The van der Waals surface area contributed by atoms with Crippen molar-refractivity contribution in [3.8, 4) is 0 Å².